The molecule has 0 aliphatic carbocycles. The highest BCUT2D eigenvalue weighted by Gasteiger charge is 2.48. The summed E-state index contributed by atoms with van der Waals surface area (Å²) < 4.78 is 16.2. The second kappa shape index (κ2) is 6.91. The standard InChI is InChI=1S/C21H21N3O4/c25-20(21(8-11-26-12-9-21)16-5-2-1-3-6-16)24-13-15(14-24)19-22-18(23-28-19)17-7-4-10-27-17/h1-7,10,15H,8-9,11-14H2. The Morgan fingerprint density at radius 2 is 1.86 bits per heavy atom. The van der Waals surface area contributed by atoms with Crippen LogP contribution in [0.2, 0.25) is 0 Å². The zero-order chi connectivity index (χ0) is 19.0. The summed E-state index contributed by atoms with van der Waals surface area (Å²) in [6.07, 6.45) is 2.99. The van der Waals surface area contributed by atoms with Crippen molar-refractivity contribution in [2.45, 2.75) is 24.2 Å². The lowest BCUT2D eigenvalue weighted by Gasteiger charge is -2.45. The van der Waals surface area contributed by atoms with Gasteiger partial charge < -0.3 is 18.6 Å². The first-order chi connectivity index (χ1) is 13.8. The monoisotopic (exact) mass is 379 g/mol. The Morgan fingerprint density at radius 1 is 1.07 bits per heavy atom. The molecule has 2 aliphatic heterocycles. The Balaban J connectivity index is 1.31. The summed E-state index contributed by atoms with van der Waals surface area (Å²) in [5.41, 5.74) is 0.572. The number of aromatic nitrogens is 2. The first-order valence-corrected chi connectivity index (χ1v) is 9.56. The van der Waals surface area contributed by atoms with Gasteiger partial charge in [-0.15, -0.1) is 0 Å². The molecule has 0 saturated carbocycles. The molecular formula is C21H21N3O4. The highest BCUT2D eigenvalue weighted by Crippen LogP contribution is 2.39. The summed E-state index contributed by atoms with van der Waals surface area (Å²) in [5.74, 6) is 1.80. The summed E-state index contributed by atoms with van der Waals surface area (Å²) in [4.78, 5) is 19.8. The number of likely N-dealkylation sites (tertiary alicyclic amines) is 1. The van der Waals surface area contributed by atoms with Gasteiger partial charge in [0, 0.05) is 26.3 Å². The van der Waals surface area contributed by atoms with Crippen LogP contribution in [-0.2, 0) is 14.9 Å². The number of ether oxygens (including phenoxy) is 1. The van der Waals surface area contributed by atoms with E-state index in [9.17, 15) is 4.79 Å². The van der Waals surface area contributed by atoms with E-state index in [1.54, 1.807) is 18.4 Å². The lowest BCUT2D eigenvalue weighted by Crippen LogP contribution is -2.57. The fraction of sp³-hybridized carbons (Fsp3) is 0.381. The van der Waals surface area contributed by atoms with E-state index >= 15 is 0 Å². The van der Waals surface area contributed by atoms with E-state index in [0.717, 1.165) is 5.56 Å². The number of benzene rings is 1. The summed E-state index contributed by atoms with van der Waals surface area (Å²) in [5, 5.41) is 3.98. The molecule has 5 rings (SSSR count). The molecule has 2 fully saturated rings. The summed E-state index contributed by atoms with van der Waals surface area (Å²) in [7, 11) is 0. The molecule has 0 radical (unpaired) electrons. The SMILES string of the molecule is O=C(N1CC(c2nc(-c3ccco3)no2)C1)C1(c2ccccc2)CCOCC1. The molecule has 3 aromatic rings. The Bertz CT molecular complexity index is 939. The van der Waals surface area contributed by atoms with Gasteiger partial charge in [0.2, 0.25) is 17.6 Å². The van der Waals surface area contributed by atoms with Crippen LogP contribution in [0.3, 0.4) is 0 Å². The Morgan fingerprint density at radius 3 is 2.57 bits per heavy atom. The maximum atomic E-state index is 13.5. The van der Waals surface area contributed by atoms with E-state index < -0.39 is 5.41 Å². The first kappa shape index (κ1) is 17.2. The van der Waals surface area contributed by atoms with Crippen molar-refractivity contribution in [2.75, 3.05) is 26.3 Å². The van der Waals surface area contributed by atoms with Crippen LogP contribution in [0.1, 0.15) is 30.2 Å². The Kier molecular flexibility index (Phi) is 4.24. The second-order valence-corrected chi connectivity index (χ2v) is 7.40. The lowest BCUT2D eigenvalue weighted by atomic mass is 9.72. The fourth-order valence-corrected chi connectivity index (χ4v) is 4.11. The smallest absolute Gasteiger partial charge is 0.238 e. The average Bonchev–Trinajstić information content (AvgIpc) is 3.40. The molecule has 0 atom stereocenters. The van der Waals surface area contributed by atoms with Gasteiger partial charge in [-0.3, -0.25) is 4.79 Å². The van der Waals surface area contributed by atoms with Gasteiger partial charge in [-0.2, -0.15) is 4.98 Å². The summed E-state index contributed by atoms with van der Waals surface area (Å²) in [6.45, 7) is 2.39. The van der Waals surface area contributed by atoms with Crippen molar-refractivity contribution in [3.05, 3.63) is 60.2 Å². The maximum Gasteiger partial charge on any atom is 0.238 e. The normalized spacial score (nSPS) is 19.4. The number of hydrogen-bond donors (Lipinski definition) is 0. The van der Waals surface area contributed by atoms with Crippen LogP contribution in [0, 0.1) is 0 Å². The van der Waals surface area contributed by atoms with Crippen molar-refractivity contribution >= 4 is 5.91 Å². The molecule has 0 bridgehead atoms. The highest BCUT2D eigenvalue weighted by atomic mass is 16.5. The molecule has 4 heterocycles. The zero-order valence-electron chi connectivity index (χ0n) is 15.4. The number of amides is 1. The molecule has 0 N–H and O–H groups in total. The quantitative estimate of drug-likeness (QED) is 0.693. The third kappa shape index (κ3) is 2.82. The molecule has 0 unspecified atom stereocenters. The minimum atomic E-state index is -0.501. The van der Waals surface area contributed by atoms with Crippen molar-refractivity contribution in [1.29, 1.82) is 0 Å². The molecule has 7 nitrogen and oxygen atoms in total. The van der Waals surface area contributed by atoms with Crippen LogP contribution < -0.4 is 0 Å². The predicted octanol–water partition coefficient (Wildman–Crippen LogP) is 3.00. The van der Waals surface area contributed by atoms with Crippen LogP contribution in [0.5, 0.6) is 0 Å². The third-order valence-electron chi connectivity index (χ3n) is 5.78. The van der Waals surface area contributed by atoms with E-state index in [0.29, 0.717) is 56.6 Å². The average molecular weight is 379 g/mol. The predicted molar refractivity (Wildman–Crippen MR) is 99.5 cm³/mol. The number of hydrogen-bond acceptors (Lipinski definition) is 6. The third-order valence-corrected chi connectivity index (χ3v) is 5.78. The summed E-state index contributed by atoms with van der Waals surface area (Å²) in [6, 6.07) is 13.6. The van der Waals surface area contributed by atoms with Gasteiger partial charge in [-0.1, -0.05) is 35.5 Å². The van der Waals surface area contributed by atoms with Gasteiger partial charge in [0.15, 0.2) is 5.76 Å². The second-order valence-electron chi connectivity index (χ2n) is 7.40. The molecule has 2 aliphatic rings. The van der Waals surface area contributed by atoms with Crippen molar-refractivity contribution in [1.82, 2.24) is 15.0 Å². The summed E-state index contributed by atoms with van der Waals surface area (Å²) >= 11 is 0. The molecule has 1 amide bonds. The Hall–Kier alpha value is -2.93. The maximum absolute atomic E-state index is 13.5. The van der Waals surface area contributed by atoms with Crippen LogP contribution >= 0.6 is 0 Å². The molecule has 1 aromatic carbocycles. The highest BCUT2D eigenvalue weighted by molar-refractivity contribution is 5.89. The van der Waals surface area contributed by atoms with Crippen molar-refractivity contribution < 1.29 is 18.5 Å². The van der Waals surface area contributed by atoms with Crippen molar-refractivity contribution in [3.63, 3.8) is 0 Å². The van der Waals surface area contributed by atoms with Crippen LogP contribution in [0.25, 0.3) is 11.6 Å². The first-order valence-electron chi connectivity index (χ1n) is 9.56. The minimum absolute atomic E-state index is 0.0628. The Labute approximate surface area is 162 Å². The van der Waals surface area contributed by atoms with Gasteiger partial charge in [-0.05, 0) is 30.5 Å². The number of nitrogens with zero attached hydrogens (tertiary/aromatic N) is 3. The number of carbonyl (C=O) groups is 1. The topological polar surface area (TPSA) is 81.6 Å². The van der Waals surface area contributed by atoms with Crippen molar-refractivity contribution in [3.8, 4) is 11.6 Å². The molecule has 2 saturated heterocycles. The largest absolute Gasteiger partial charge is 0.461 e. The van der Waals surface area contributed by atoms with Gasteiger partial charge in [-0.25, -0.2) is 0 Å². The van der Waals surface area contributed by atoms with E-state index in [1.165, 1.54) is 0 Å². The molecular weight excluding hydrogens is 358 g/mol. The minimum Gasteiger partial charge on any atom is -0.461 e. The van der Waals surface area contributed by atoms with Gasteiger partial charge in [0.25, 0.3) is 0 Å². The number of furan rings is 1. The van der Waals surface area contributed by atoms with E-state index in [1.807, 2.05) is 35.2 Å². The molecule has 7 heteroatoms. The van der Waals surface area contributed by atoms with Crippen LogP contribution in [-0.4, -0.2) is 47.3 Å². The molecule has 144 valence electrons. The van der Waals surface area contributed by atoms with E-state index in [4.69, 9.17) is 13.7 Å². The molecule has 28 heavy (non-hydrogen) atoms. The molecule has 2 aromatic heterocycles. The number of carbonyl (C=O) groups excluding carboxylic acids is 1. The molecule has 0 spiro atoms. The van der Waals surface area contributed by atoms with E-state index in [2.05, 4.69) is 10.1 Å². The van der Waals surface area contributed by atoms with Gasteiger partial charge >= 0.3 is 0 Å². The van der Waals surface area contributed by atoms with Gasteiger partial charge in [0.1, 0.15) is 0 Å². The van der Waals surface area contributed by atoms with Crippen molar-refractivity contribution in [2.24, 2.45) is 0 Å². The van der Waals surface area contributed by atoms with Crippen LogP contribution in [0.4, 0.5) is 0 Å². The number of rotatable bonds is 4. The lowest BCUT2D eigenvalue weighted by molar-refractivity contribution is -0.146. The van der Waals surface area contributed by atoms with Gasteiger partial charge in [0.05, 0.1) is 17.6 Å². The van der Waals surface area contributed by atoms with E-state index in [-0.39, 0.29) is 11.8 Å². The van der Waals surface area contributed by atoms with Crippen LogP contribution in [0.15, 0.2) is 57.7 Å². The zero-order valence-corrected chi connectivity index (χ0v) is 15.4. The fourth-order valence-electron chi connectivity index (χ4n) is 4.11.